The molecule has 306 valence electrons. The third-order valence-corrected chi connectivity index (χ3v) is 10.4. The standard InChI is InChI=1S/C42H54N12O4/c1-11-53-34(21-28(5)46-53)39(56)44-41-50(10)33-23-30(38(43)55)17-18-31(33)51(41)24-26(3)27(4)25-52-37-32(15-13-16-36(37)58-20-14-19-48(7)8)49(9)42(52)45-40(57)35-22-29(6)47-54(35)12-2/h13,15-18,21-23H,11-12,14,19-20,24-25H2,1-10H3,(H2,43,55)/b27-26+,44-41+,45-42+. The molecule has 0 bridgehead atoms. The molecule has 2 N–H and O–H groups in total. The van der Waals surface area contributed by atoms with Crippen molar-refractivity contribution >= 4 is 39.8 Å². The van der Waals surface area contributed by atoms with Crippen molar-refractivity contribution < 1.29 is 19.1 Å². The van der Waals surface area contributed by atoms with Gasteiger partial charge in [0.25, 0.3) is 11.8 Å². The number of amides is 3. The molecule has 0 radical (unpaired) electrons. The fraction of sp³-hybridized carbons (Fsp3) is 0.405. The highest BCUT2D eigenvalue weighted by molar-refractivity contribution is 5.97. The number of ether oxygens (including phenoxy) is 1. The summed E-state index contributed by atoms with van der Waals surface area (Å²) in [4.78, 5) is 51.4. The van der Waals surface area contributed by atoms with Gasteiger partial charge in [-0.25, -0.2) is 0 Å². The van der Waals surface area contributed by atoms with E-state index in [1.807, 2.05) is 108 Å². The summed E-state index contributed by atoms with van der Waals surface area (Å²) >= 11 is 0. The lowest BCUT2D eigenvalue weighted by Gasteiger charge is -2.14. The molecule has 4 aromatic heterocycles. The van der Waals surface area contributed by atoms with Crippen molar-refractivity contribution in [2.24, 2.45) is 29.8 Å². The molecule has 0 aliphatic rings. The maximum absolute atomic E-state index is 13.9. The van der Waals surface area contributed by atoms with E-state index >= 15 is 0 Å². The summed E-state index contributed by atoms with van der Waals surface area (Å²) in [6, 6.07) is 14.6. The molecule has 6 rings (SSSR count). The Bertz CT molecular complexity index is 2730. The van der Waals surface area contributed by atoms with Gasteiger partial charge in [-0.05, 0) is 105 Å². The van der Waals surface area contributed by atoms with Crippen LogP contribution >= 0.6 is 0 Å². The second kappa shape index (κ2) is 17.1. The van der Waals surface area contributed by atoms with Gasteiger partial charge in [-0.3, -0.25) is 23.7 Å². The molecule has 0 aliphatic carbocycles. The number of imidazole rings is 2. The number of aryl methyl sites for hydroxylation is 6. The lowest BCUT2D eigenvalue weighted by molar-refractivity contribution is 0.0977. The summed E-state index contributed by atoms with van der Waals surface area (Å²) in [5.74, 6) is -0.697. The van der Waals surface area contributed by atoms with Gasteiger partial charge in [0.15, 0.2) is 0 Å². The van der Waals surface area contributed by atoms with Crippen molar-refractivity contribution in [3.8, 4) is 5.75 Å². The Labute approximate surface area is 337 Å². The van der Waals surface area contributed by atoms with Gasteiger partial charge in [0, 0.05) is 52.4 Å². The van der Waals surface area contributed by atoms with E-state index in [1.54, 1.807) is 38.2 Å². The quantitative estimate of drug-likeness (QED) is 0.127. The number of primary amides is 1. The number of rotatable bonds is 14. The predicted molar refractivity (Wildman–Crippen MR) is 222 cm³/mol. The predicted octanol–water partition coefficient (Wildman–Crippen LogP) is 4.27. The first-order valence-electron chi connectivity index (χ1n) is 19.5. The average Bonchev–Trinajstić information content (AvgIpc) is 3.91. The van der Waals surface area contributed by atoms with Crippen LogP contribution in [0, 0.1) is 13.8 Å². The van der Waals surface area contributed by atoms with Gasteiger partial charge in [-0.2, -0.15) is 20.2 Å². The fourth-order valence-electron chi connectivity index (χ4n) is 7.23. The van der Waals surface area contributed by atoms with Crippen LogP contribution in [0.5, 0.6) is 5.75 Å². The van der Waals surface area contributed by atoms with Gasteiger partial charge in [0.1, 0.15) is 22.7 Å². The highest BCUT2D eigenvalue weighted by Gasteiger charge is 2.21. The van der Waals surface area contributed by atoms with E-state index in [0.29, 0.717) is 72.2 Å². The topological polar surface area (TPSA) is 170 Å². The van der Waals surface area contributed by atoms with Crippen LogP contribution in [-0.2, 0) is 40.3 Å². The molecular formula is C42H54N12O4. The average molecular weight is 791 g/mol. The van der Waals surface area contributed by atoms with Crippen LogP contribution in [0.3, 0.4) is 0 Å². The first-order chi connectivity index (χ1) is 27.6. The lowest BCUT2D eigenvalue weighted by atomic mass is 10.1. The molecule has 6 aromatic rings. The maximum atomic E-state index is 13.9. The highest BCUT2D eigenvalue weighted by atomic mass is 16.5. The Kier molecular flexibility index (Phi) is 12.2. The van der Waals surface area contributed by atoms with Crippen molar-refractivity contribution in [3.05, 3.63) is 99.3 Å². The third-order valence-electron chi connectivity index (χ3n) is 10.4. The zero-order chi connectivity index (χ0) is 42.0. The zero-order valence-electron chi connectivity index (χ0n) is 35.2. The van der Waals surface area contributed by atoms with Gasteiger partial charge in [0.2, 0.25) is 17.1 Å². The molecule has 0 saturated carbocycles. The van der Waals surface area contributed by atoms with Gasteiger partial charge in [0.05, 0.1) is 34.5 Å². The van der Waals surface area contributed by atoms with Crippen LogP contribution in [0.1, 0.15) is 76.8 Å². The molecule has 2 aromatic carbocycles. The van der Waals surface area contributed by atoms with Crippen LogP contribution in [0.2, 0.25) is 0 Å². The summed E-state index contributed by atoms with van der Waals surface area (Å²) in [6.45, 7) is 14.8. The largest absolute Gasteiger partial charge is 0.491 e. The SMILES string of the molecule is CCn1nc(C)cc1C(=O)/N=c1\n(C)c2cc(C(N)=O)ccc2n1C/C(C)=C(\C)Cn1/c(=N/C(=O)c2cc(C)nn2CC)n(C)c2cccc(OCCCN(C)C)c21. The number of para-hydroxylation sites is 1. The second-order valence-corrected chi connectivity index (χ2v) is 15.0. The summed E-state index contributed by atoms with van der Waals surface area (Å²) in [7, 11) is 7.78. The number of fused-ring (bicyclic) bond motifs is 2. The monoisotopic (exact) mass is 790 g/mol. The second-order valence-electron chi connectivity index (χ2n) is 15.0. The third kappa shape index (κ3) is 8.23. The molecule has 58 heavy (non-hydrogen) atoms. The van der Waals surface area contributed by atoms with Crippen molar-refractivity contribution in [3.63, 3.8) is 0 Å². The molecule has 0 saturated heterocycles. The smallest absolute Gasteiger partial charge is 0.298 e. The summed E-state index contributed by atoms with van der Waals surface area (Å²) in [6.07, 6.45) is 0.837. The number of benzene rings is 2. The van der Waals surface area contributed by atoms with Crippen LogP contribution in [0.25, 0.3) is 22.1 Å². The molecule has 0 unspecified atom stereocenters. The van der Waals surface area contributed by atoms with Crippen LogP contribution < -0.4 is 21.7 Å². The first-order valence-corrected chi connectivity index (χ1v) is 19.5. The Morgan fingerprint density at radius 2 is 1.31 bits per heavy atom. The van der Waals surface area contributed by atoms with Gasteiger partial charge < -0.3 is 33.6 Å². The molecule has 0 atom stereocenters. The minimum Gasteiger partial charge on any atom is -0.491 e. The number of carbonyl (C=O) groups is 3. The maximum Gasteiger partial charge on any atom is 0.298 e. The summed E-state index contributed by atoms with van der Waals surface area (Å²) in [5, 5.41) is 8.93. The molecule has 0 spiro atoms. The van der Waals surface area contributed by atoms with E-state index in [1.165, 1.54) is 0 Å². The minimum atomic E-state index is -0.555. The molecule has 3 amide bonds. The van der Waals surface area contributed by atoms with Gasteiger partial charge in [-0.1, -0.05) is 17.2 Å². The Morgan fingerprint density at radius 3 is 1.86 bits per heavy atom. The Morgan fingerprint density at radius 1 is 0.759 bits per heavy atom. The number of nitrogens with two attached hydrogens (primary N) is 1. The van der Waals surface area contributed by atoms with E-state index in [4.69, 9.17) is 15.5 Å². The van der Waals surface area contributed by atoms with Crippen molar-refractivity contribution in [2.75, 3.05) is 27.2 Å². The van der Waals surface area contributed by atoms with Crippen LogP contribution in [0.15, 0.2) is 69.7 Å². The van der Waals surface area contributed by atoms with Crippen LogP contribution in [-0.4, -0.2) is 87.7 Å². The number of carbonyl (C=O) groups excluding carboxylic acids is 3. The number of aromatic nitrogens is 8. The number of nitrogens with zero attached hydrogens (tertiary/aromatic N) is 11. The minimum absolute atomic E-state index is 0.344. The van der Waals surface area contributed by atoms with E-state index in [-0.39, 0.29) is 0 Å². The molecule has 4 heterocycles. The summed E-state index contributed by atoms with van der Waals surface area (Å²) < 4.78 is 17.4. The number of hydrogen-bond donors (Lipinski definition) is 1. The summed E-state index contributed by atoms with van der Waals surface area (Å²) in [5.41, 5.74) is 14.2. The molecule has 16 heteroatoms. The van der Waals surface area contributed by atoms with Gasteiger partial charge >= 0.3 is 0 Å². The van der Waals surface area contributed by atoms with Crippen molar-refractivity contribution in [1.82, 2.24) is 42.7 Å². The lowest BCUT2D eigenvalue weighted by Crippen LogP contribution is -2.28. The fourth-order valence-corrected chi connectivity index (χ4v) is 7.23. The normalized spacial score (nSPS) is 13.0. The first kappa shape index (κ1) is 41.3. The van der Waals surface area contributed by atoms with E-state index in [0.717, 1.165) is 52.0 Å². The van der Waals surface area contributed by atoms with Gasteiger partial charge in [-0.15, -0.1) is 0 Å². The van der Waals surface area contributed by atoms with E-state index in [9.17, 15) is 14.4 Å². The van der Waals surface area contributed by atoms with Crippen molar-refractivity contribution in [1.29, 1.82) is 0 Å². The number of allylic oxidation sites excluding steroid dienone is 2. The van der Waals surface area contributed by atoms with Crippen molar-refractivity contribution in [2.45, 2.75) is 74.1 Å². The van der Waals surface area contributed by atoms with E-state index in [2.05, 4.69) is 20.1 Å². The highest BCUT2D eigenvalue weighted by Crippen LogP contribution is 2.27. The van der Waals surface area contributed by atoms with Crippen LogP contribution in [0.4, 0.5) is 0 Å². The molecule has 16 nitrogen and oxygen atoms in total. The molecule has 0 fully saturated rings. The molecule has 0 aliphatic heterocycles. The zero-order valence-corrected chi connectivity index (χ0v) is 35.2. The Hall–Kier alpha value is -6.29. The Balaban J connectivity index is 1.50. The molecular weight excluding hydrogens is 737 g/mol. The van der Waals surface area contributed by atoms with E-state index < -0.39 is 17.7 Å². The number of hydrogen-bond acceptors (Lipinski definition) is 7.